The number of aliphatic hydroxyl groups is 3. The van der Waals surface area contributed by atoms with Gasteiger partial charge in [-0.25, -0.2) is 0 Å². The van der Waals surface area contributed by atoms with Crippen LogP contribution in [0.1, 0.15) is 25.7 Å². The predicted molar refractivity (Wildman–Crippen MR) is 110 cm³/mol. The average Bonchev–Trinajstić information content (AvgIpc) is 2.60. The molecular weight excluding hydrogens is 420 g/mol. The van der Waals surface area contributed by atoms with E-state index < -0.39 is 29.2 Å². The van der Waals surface area contributed by atoms with Crippen LogP contribution < -0.4 is 0 Å². The van der Waals surface area contributed by atoms with Crippen molar-refractivity contribution < 1.29 is 45.0 Å². The molecule has 1 unspecified atom stereocenters. The SMILES string of the molecule is O=C(O)C(CS)CCC(CO)(CO)CO.O=C(O)CCS.O=C(O)CCS. The summed E-state index contributed by atoms with van der Waals surface area (Å²) in [5.74, 6) is -2.08. The van der Waals surface area contributed by atoms with Crippen molar-refractivity contribution in [3.05, 3.63) is 0 Å². The third-order valence-corrected chi connectivity index (χ3v) is 4.14. The molecule has 0 heterocycles. The lowest BCUT2D eigenvalue weighted by molar-refractivity contribution is -0.141. The molecule has 0 rings (SSSR count). The molecule has 27 heavy (non-hydrogen) atoms. The van der Waals surface area contributed by atoms with Gasteiger partial charge in [-0.05, 0) is 12.8 Å². The zero-order valence-corrected chi connectivity index (χ0v) is 17.6. The van der Waals surface area contributed by atoms with Gasteiger partial charge in [0.05, 0.1) is 38.6 Å². The monoisotopic (exact) mass is 450 g/mol. The van der Waals surface area contributed by atoms with Crippen LogP contribution in [0.15, 0.2) is 0 Å². The summed E-state index contributed by atoms with van der Waals surface area (Å²) < 4.78 is 0. The quantitative estimate of drug-likeness (QED) is 0.187. The first-order chi connectivity index (χ1) is 12.6. The summed E-state index contributed by atoms with van der Waals surface area (Å²) in [5, 5.41) is 51.5. The largest absolute Gasteiger partial charge is 0.481 e. The molecule has 0 saturated carbocycles. The van der Waals surface area contributed by atoms with Crippen molar-refractivity contribution in [2.75, 3.05) is 37.1 Å². The Hall–Kier alpha value is -0.660. The van der Waals surface area contributed by atoms with Crippen LogP contribution in [0.4, 0.5) is 0 Å². The number of hydrogen-bond acceptors (Lipinski definition) is 9. The second-order valence-electron chi connectivity index (χ2n) is 5.47. The highest BCUT2D eigenvalue weighted by atomic mass is 32.1. The fourth-order valence-corrected chi connectivity index (χ4v) is 2.07. The maximum Gasteiger partial charge on any atom is 0.307 e. The van der Waals surface area contributed by atoms with Gasteiger partial charge >= 0.3 is 17.9 Å². The molecule has 0 saturated heterocycles. The van der Waals surface area contributed by atoms with Gasteiger partial charge in [-0.1, -0.05) is 0 Å². The summed E-state index contributed by atoms with van der Waals surface area (Å²) >= 11 is 11.3. The van der Waals surface area contributed by atoms with E-state index in [1.807, 2.05) is 0 Å². The summed E-state index contributed by atoms with van der Waals surface area (Å²) in [4.78, 5) is 29.8. The van der Waals surface area contributed by atoms with Crippen molar-refractivity contribution in [3.8, 4) is 0 Å². The summed E-state index contributed by atoms with van der Waals surface area (Å²) in [6, 6.07) is 0. The predicted octanol–water partition coefficient (Wildman–Crippen LogP) is 0.142. The molecule has 0 aromatic heterocycles. The first kappa shape index (κ1) is 31.0. The lowest BCUT2D eigenvalue weighted by Crippen LogP contribution is -2.35. The second kappa shape index (κ2) is 20.1. The Labute approximate surface area is 175 Å². The zero-order chi connectivity index (χ0) is 21.9. The van der Waals surface area contributed by atoms with Crippen molar-refractivity contribution in [2.24, 2.45) is 11.3 Å². The molecule has 0 aromatic rings. The van der Waals surface area contributed by atoms with Crippen molar-refractivity contribution in [1.29, 1.82) is 0 Å². The number of carbonyl (C=O) groups is 3. The molecule has 0 fully saturated rings. The fourth-order valence-electron chi connectivity index (χ4n) is 1.35. The van der Waals surface area contributed by atoms with Crippen LogP contribution in [0.3, 0.4) is 0 Å². The van der Waals surface area contributed by atoms with E-state index in [0.717, 1.165) is 0 Å². The third kappa shape index (κ3) is 19.9. The Bertz CT molecular complexity index is 380. The molecular formula is C15H30O9S3. The molecule has 0 aliphatic heterocycles. The lowest BCUT2D eigenvalue weighted by atomic mass is 9.83. The summed E-state index contributed by atoms with van der Waals surface area (Å²) in [5.41, 5.74) is -0.989. The number of carboxylic acids is 3. The van der Waals surface area contributed by atoms with Gasteiger partial charge in [0.15, 0.2) is 0 Å². The molecule has 0 aromatic carbocycles. The molecule has 6 N–H and O–H groups in total. The second-order valence-corrected chi connectivity index (χ2v) is 6.73. The van der Waals surface area contributed by atoms with E-state index in [-0.39, 0.29) is 51.3 Å². The minimum atomic E-state index is -0.989. The average molecular weight is 451 g/mol. The minimum Gasteiger partial charge on any atom is -0.481 e. The van der Waals surface area contributed by atoms with E-state index >= 15 is 0 Å². The topological polar surface area (TPSA) is 173 Å². The summed E-state index contributed by atoms with van der Waals surface area (Å²) in [6.45, 7) is -1.09. The van der Waals surface area contributed by atoms with E-state index in [4.69, 9.17) is 30.6 Å². The number of aliphatic carboxylic acids is 3. The van der Waals surface area contributed by atoms with E-state index in [0.29, 0.717) is 11.5 Å². The third-order valence-electron chi connectivity index (χ3n) is 3.25. The number of hydrogen-bond donors (Lipinski definition) is 9. The van der Waals surface area contributed by atoms with Crippen LogP contribution in [0, 0.1) is 11.3 Å². The molecule has 1 atom stereocenters. The molecule has 0 radical (unpaired) electrons. The van der Waals surface area contributed by atoms with Gasteiger partial charge in [0.25, 0.3) is 0 Å². The standard InChI is InChI=1S/C9H18O5S.2C3H6O2S/c10-4-9(5-11,6-12)2-1-7(3-15)8(13)14;2*4-3(5)1-2-6/h7,10-12,15H,1-6H2,(H,13,14);2*6H,1-2H2,(H,4,5). The molecule has 0 spiro atoms. The highest BCUT2D eigenvalue weighted by Crippen LogP contribution is 2.25. The molecule has 9 nitrogen and oxygen atoms in total. The van der Waals surface area contributed by atoms with Crippen LogP contribution in [-0.2, 0) is 14.4 Å². The molecule has 12 heteroatoms. The highest BCUT2D eigenvalue weighted by molar-refractivity contribution is 7.80. The highest BCUT2D eigenvalue weighted by Gasteiger charge is 2.30. The van der Waals surface area contributed by atoms with Crippen LogP contribution in [0.25, 0.3) is 0 Å². The molecule has 162 valence electrons. The molecule has 0 aliphatic rings. The number of rotatable bonds is 12. The van der Waals surface area contributed by atoms with Crippen molar-refractivity contribution in [2.45, 2.75) is 25.7 Å². The zero-order valence-electron chi connectivity index (χ0n) is 14.9. The Morgan fingerprint density at radius 3 is 1.30 bits per heavy atom. The molecule has 0 amide bonds. The van der Waals surface area contributed by atoms with Gasteiger partial charge in [0, 0.05) is 22.7 Å². The Kier molecular flexibility index (Phi) is 23.1. The summed E-state index contributed by atoms with van der Waals surface area (Å²) in [7, 11) is 0. The van der Waals surface area contributed by atoms with Gasteiger partial charge in [-0.3, -0.25) is 14.4 Å². The number of aliphatic hydroxyl groups excluding tert-OH is 3. The van der Waals surface area contributed by atoms with Crippen LogP contribution in [0.2, 0.25) is 0 Å². The Balaban J connectivity index is -0.000000394. The van der Waals surface area contributed by atoms with Gasteiger partial charge in [0.2, 0.25) is 0 Å². The van der Waals surface area contributed by atoms with E-state index in [9.17, 15) is 14.4 Å². The van der Waals surface area contributed by atoms with E-state index in [1.54, 1.807) is 0 Å². The van der Waals surface area contributed by atoms with Crippen molar-refractivity contribution >= 4 is 55.8 Å². The van der Waals surface area contributed by atoms with Crippen molar-refractivity contribution in [1.82, 2.24) is 0 Å². The fraction of sp³-hybridized carbons (Fsp3) is 0.800. The van der Waals surface area contributed by atoms with Gasteiger partial charge in [-0.2, -0.15) is 37.9 Å². The first-order valence-electron chi connectivity index (χ1n) is 7.91. The van der Waals surface area contributed by atoms with Gasteiger partial charge in [0.1, 0.15) is 0 Å². The maximum absolute atomic E-state index is 10.7. The van der Waals surface area contributed by atoms with Crippen LogP contribution >= 0.6 is 37.9 Å². The molecule has 0 aliphatic carbocycles. The smallest absolute Gasteiger partial charge is 0.307 e. The lowest BCUT2D eigenvalue weighted by Gasteiger charge is -2.28. The Morgan fingerprint density at radius 1 is 0.778 bits per heavy atom. The first-order valence-corrected chi connectivity index (χ1v) is 9.80. The summed E-state index contributed by atoms with van der Waals surface area (Å²) in [6.07, 6.45) is 0.848. The van der Waals surface area contributed by atoms with Crippen molar-refractivity contribution in [3.63, 3.8) is 0 Å². The number of carboxylic acid groups (broad SMARTS) is 3. The normalized spacial score (nSPS) is 11.3. The maximum atomic E-state index is 10.7. The Morgan fingerprint density at radius 2 is 1.15 bits per heavy atom. The van der Waals surface area contributed by atoms with E-state index in [2.05, 4.69) is 37.9 Å². The van der Waals surface area contributed by atoms with Gasteiger partial charge < -0.3 is 30.6 Å². The minimum absolute atomic E-state index is 0.156. The van der Waals surface area contributed by atoms with Crippen LogP contribution in [0.5, 0.6) is 0 Å². The molecule has 0 bridgehead atoms. The number of thiol groups is 3. The van der Waals surface area contributed by atoms with E-state index in [1.165, 1.54) is 0 Å². The van der Waals surface area contributed by atoms with Crippen LogP contribution in [-0.4, -0.2) is 85.6 Å². The van der Waals surface area contributed by atoms with Gasteiger partial charge in [-0.15, -0.1) is 0 Å².